The van der Waals surface area contributed by atoms with Crippen molar-refractivity contribution in [3.63, 3.8) is 0 Å². The van der Waals surface area contributed by atoms with Crippen LogP contribution in [0, 0.1) is 10.1 Å². The summed E-state index contributed by atoms with van der Waals surface area (Å²) in [5, 5.41) is 10.8. The van der Waals surface area contributed by atoms with Gasteiger partial charge in [0.15, 0.2) is 5.78 Å². The summed E-state index contributed by atoms with van der Waals surface area (Å²) < 4.78 is 0. The van der Waals surface area contributed by atoms with Gasteiger partial charge in [-0.2, -0.15) is 0 Å². The molecule has 0 aliphatic heterocycles. The number of fused-ring (bicyclic) bond motifs is 4. The Morgan fingerprint density at radius 2 is 1.38 bits per heavy atom. The highest BCUT2D eigenvalue weighted by Crippen LogP contribution is 2.42. The molecule has 1 heterocycles. The second-order valence-corrected chi connectivity index (χ2v) is 6.68. The van der Waals surface area contributed by atoms with Crippen molar-refractivity contribution in [2.24, 2.45) is 0 Å². The van der Waals surface area contributed by atoms with Gasteiger partial charge in [-0.1, -0.05) is 36.4 Å². The van der Waals surface area contributed by atoms with Crippen LogP contribution in [0.5, 0.6) is 0 Å². The third kappa shape index (κ3) is 2.78. The number of carbonyl (C=O) groups excluding carboxylic acids is 1. The fourth-order valence-corrected chi connectivity index (χ4v) is 3.54. The summed E-state index contributed by atoms with van der Waals surface area (Å²) >= 11 is 0. The smallest absolute Gasteiger partial charge is 0.269 e. The number of ketones is 1. The summed E-state index contributed by atoms with van der Waals surface area (Å²) in [6.45, 7) is 0. The molecule has 0 saturated heterocycles. The van der Waals surface area contributed by atoms with Crippen molar-refractivity contribution in [3.05, 3.63) is 106 Å². The number of para-hydroxylation sites is 2. The molecule has 6 nitrogen and oxygen atoms in total. The van der Waals surface area contributed by atoms with E-state index in [1.165, 1.54) is 30.3 Å². The standard InChI is InChI=1S/C23H13N3O3/c27-21(14-9-11-15(12-10-14)26(28)29)13-18-16-5-1-2-6-17(16)22-23(18)25-20-8-4-3-7-19(20)24-22/h1-13H/b18-13-. The van der Waals surface area contributed by atoms with E-state index in [0.717, 1.165) is 27.9 Å². The van der Waals surface area contributed by atoms with E-state index in [0.29, 0.717) is 16.8 Å². The number of benzene rings is 3. The Bertz CT molecular complexity index is 1340. The van der Waals surface area contributed by atoms with E-state index in [-0.39, 0.29) is 11.5 Å². The molecule has 0 N–H and O–H groups in total. The van der Waals surface area contributed by atoms with E-state index in [1.54, 1.807) is 0 Å². The van der Waals surface area contributed by atoms with Crippen molar-refractivity contribution in [1.82, 2.24) is 9.97 Å². The first kappa shape index (κ1) is 16.9. The van der Waals surface area contributed by atoms with Gasteiger partial charge in [0.2, 0.25) is 0 Å². The van der Waals surface area contributed by atoms with Crippen LogP contribution in [-0.4, -0.2) is 20.7 Å². The van der Waals surface area contributed by atoms with Crippen LogP contribution in [-0.2, 0) is 0 Å². The minimum Gasteiger partial charge on any atom is -0.289 e. The predicted molar refractivity (Wildman–Crippen MR) is 109 cm³/mol. The van der Waals surface area contributed by atoms with E-state index < -0.39 is 4.92 Å². The number of hydrogen-bond acceptors (Lipinski definition) is 5. The molecule has 1 aliphatic carbocycles. The molecule has 0 radical (unpaired) electrons. The van der Waals surface area contributed by atoms with Crippen LogP contribution < -0.4 is 0 Å². The molecule has 0 saturated carbocycles. The molecular weight excluding hydrogens is 366 g/mol. The molecule has 3 aromatic carbocycles. The lowest BCUT2D eigenvalue weighted by molar-refractivity contribution is -0.384. The topological polar surface area (TPSA) is 86.0 Å². The zero-order chi connectivity index (χ0) is 20.0. The summed E-state index contributed by atoms with van der Waals surface area (Å²) in [7, 11) is 0. The number of allylic oxidation sites excluding steroid dienone is 1. The Morgan fingerprint density at radius 1 is 0.793 bits per heavy atom. The highest BCUT2D eigenvalue weighted by Gasteiger charge is 2.27. The fraction of sp³-hybridized carbons (Fsp3) is 0. The number of aromatic nitrogens is 2. The SMILES string of the molecule is O=C(/C=C1/c2ccccc2-c2nc3ccccc3nc21)c1ccc([N+](=O)[O-])cc1. The van der Waals surface area contributed by atoms with Crippen LogP contribution in [0.3, 0.4) is 0 Å². The number of nitro groups is 1. The predicted octanol–water partition coefficient (Wildman–Crippen LogP) is 4.83. The molecule has 0 atom stereocenters. The number of nitro benzene ring substituents is 1. The van der Waals surface area contributed by atoms with Crippen LogP contribution in [0.1, 0.15) is 21.6 Å². The van der Waals surface area contributed by atoms with Gasteiger partial charge in [-0.15, -0.1) is 0 Å². The van der Waals surface area contributed by atoms with Crippen molar-refractivity contribution in [2.75, 3.05) is 0 Å². The van der Waals surface area contributed by atoms with Crippen molar-refractivity contribution < 1.29 is 9.72 Å². The quantitative estimate of drug-likeness (QED) is 0.194. The third-order valence-corrected chi connectivity index (χ3v) is 4.94. The lowest BCUT2D eigenvalue weighted by Gasteiger charge is -2.04. The molecule has 29 heavy (non-hydrogen) atoms. The Morgan fingerprint density at radius 3 is 2.03 bits per heavy atom. The number of nitrogens with zero attached hydrogens (tertiary/aromatic N) is 3. The monoisotopic (exact) mass is 379 g/mol. The fourth-order valence-electron chi connectivity index (χ4n) is 3.54. The molecule has 1 aromatic heterocycles. The number of rotatable bonds is 3. The molecule has 0 spiro atoms. The Balaban J connectivity index is 1.66. The van der Waals surface area contributed by atoms with E-state index in [9.17, 15) is 14.9 Å². The maximum Gasteiger partial charge on any atom is 0.269 e. The second kappa shape index (κ2) is 6.45. The van der Waals surface area contributed by atoms with Crippen LogP contribution in [0.25, 0.3) is 27.9 Å². The molecule has 0 amide bonds. The van der Waals surface area contributed by atoms with Crippen LogP contribution in [0.15, 0.2) is 78.9 Å². The van der Waals surface area contributed by atoms with E-state index >= 15 is 0 Å². The molecule has 0 bridgehead atoms. The molecule has 1 aliphatic rings. The molecule has 0 fully saturated rings. The highest BCUT2D eigenvalue weighted by atomic mass is 16.6. The number of carbonyl (C=O) groups is 1. The zero-order valence-corrected chi connectivity index (χ0v) is 15.1. The lowest BCUT2D eigenvalue weighted by atomic mass is 10.0. The van der Waals surface area contributed by atoms with Gasteiger partial charge in [0.25, 0.3) is 5.69 Å². The Labute approximate surface area is 165 Å². The van der Waals surface area contributed by atoms with Gasteiger partial charge < -0.3 is 0 Å². The molecular formula is C23H13N3O3. The summed E-state index contributed by atoms with van der Waals surface area (Å²) in [5.74, 6) is -0.243. The van der Waals surface area contributed by atoms with Crippen LogP contribution in [0.2, 0.25) is 0 Å². The third-order valence-electron chi connectivity index (χ3n) is 4.94. The van der Waals surface area contributed by atoms with Crippen molar-refractivity contribution in [1.29, 1.82) is 0 Å². The summed E-state index contributed by atoms with van der Waals surface area (Å²) in [6, 6.07) is 21.0. The summed E-state index contributed by atoms with van der Waals surface area (Å²) in [6.07, 6.45) is 1.54. The van der Waals surface area contributed by atoms with E-state index in [2.05, 4.69) is 0 Å². The first-order valence-electron chi connectivity index (χ1n) is 8.99. The summed E-state index contributed by atoms with van der Waals surface area (Å²) in [4.78, 5) is 32.7. The largest absolute Gasteiger partial charge is 0.289 e. The normalized spacial score (nSPS) is 13.3. The van der Waals surface area contributed by atoms with E-state index in [1.807, 2.05) is 48.5 Å². The van der Waals surface area contributed by atoms with Gasteiger partial charge >= 0.3 is 0 Å². The molecule has 0 unspecified atom stereocenters. The highest BCUT2D eigenvalue weighted by molar-refractivity contribution is 6.13. The van der Waals surface area contributed by atoms with Gasteiger partial charge in [0.05, 0.1) is 27.3 Å². The summed E-state index contributed by atoms with van der Waals surface area (Å²) in [5.41, 5.74) is 5.83. The number of non-ortho nitro benzene ring substituents is 1. The van der Waals surface area contributed by atoms with Crippen LogP contribution >= 0.6 is 0 Å². The molecule has 6 heteroatoms. The maximum absolute atomic E-state index is 12.9. The minimum atomic E-state index is -0.489. The molecule has 5 rings (SSSR count). The Hall–Kier alpha value is -4.19. The van der Waals surface area contributed by atoms with Crippen molar-refractivity contribution in [2.45, 2.75) is 0 Å². The van der Waals surface area contributed by atoms with Gasteiger partial charge in [-0.3, -0.25) is 14.9 Å². The van der Waals surface area contributed by atoms with Gasteiger partial charge in [-0.05, 0) is 35.9 Å². The minimum absolute atomic E-state index is 0.0527. The van der Waals surface area contributed by atoms with Gasteiger partial charge in [-0.25, -0.2) is 9.97 Å². The maximum atomic E-state index is 12.9. The number of hydrogen-bond donors (Lipinski definition) is 0. The second-order valence-electron chi connectivity index (χ2n) is 6.68. The Kier molecular flexibility index (Phi) is 3.77. The van der Waals surface area contributed by atoms with Crippen molar-refractivity contribution in [3.8, 4) is 11.3 Å². The first-order chi connectivity index (χ1) is 14.1. The van der Waals surface area contributed by atoms with Crippen molar-refractivity contribution >= 4 is 28.1 Å². The van der Waals surface area contributed by atoms with Crippen LogP contribution in [0.4, 0.5) is 5.69 Å². The average molecular weight is 379 g/mol. The average Bonchev–Trinajstić information content (AvgIpc) is 3.05. The van der Waals surface area contributed by atoms with Gasteiger partial charge in [0.1, 0.15) is 0 Å². The molecule has 138 valence electrons. The van der Waals surface area contributed by atoms with Gasteiger partial charge in [0, 0.05) is 28.8 Å². The lowest BCUT2D eigenvalue weighted by Crippen LogP contribution is -1.98. The first-order valence-corrected chi connectivity index (χ1v) is 8.99. The zero-order valence-electron chi connectivity index (χ0n) is 15.1. The van der Waals surface area contributed by atoms with E-state index in [4.69, 9.17) is 9.97 Å². The molecule has 4 aromatic rings.